The standard InChI is InChI=1S/C9H4F3NO3S/c10-9(11,12)8-13-3-6(17-8)4-1-2-5(16-4)7(14)15/h1-3H,(H,14,15). The van der Waals surface area contributed by atoms with Crippen LogP contribution in [-0.2, 0) is 6.18 Å². The van der Waals surface area contributed by atoms with E-state index in [2.05, 4.69) is 4.98 Å². The van der Waals surface area contributed by atoms with E-state index in [-0.39, 0.29) is 16.4 Å². The number of aromatic nitrogens is 1. The van der Waals surface area contributed by atoms with Gasteiger partial charge in [-0.3, -0.25) is 0 Å². The number of aromatic carboxylic acids is 1. The Morgan fingerprint density at radius 2 is 2.12 bits per heavy atom. The van der Waals surface area contributed by atoms with Gasteiger partial charge in [0.25, 0.3) is 0 Å². The molecule has 17 heavy (non-hydrogen) atoms. The Balaban J connectivity index is 2.34. The average molecular weight is 263 g/mol. The van der Waals surface area contributed by atoms with E-state index in [0.29, 0.717) is 11.3 Å². The lowest BCUT2D eigenvalue weighted by Crippen LogP contribution is -2.02. The molecule has 2 heterocycles. The molecule has 2 rings (SSSR count). The van der Waals surface area contributed by atoms with Crippen LogP contribution in [0.15, 0.2) is 22.7 Å². The number of carbonyl (C=O) groups is 1. The monoisotopic (exact) mass is 263 g/mol. The van der Waals surface area contributed by atoms with E-state index in [1.807, 2.05) is 0 Å². The molecular formula is C9H4F3NO3S. The number of hydrogen-bond acceptors (Lipinski definition) is 4. The first-order valence-electron chi connectivity index (χ1n) is 4.24. The first-order chi connectivity index (χ1) is 7.88. The summed E-state index contributed by atoms with van der Waals surface area (Å²) in [5, 5.41) is 7.59. The number of rotatable bonds is 2. The van der Waals surface area contributed by atoms with Crippen molar-refractivity contribution in [3.05, 3.63) is 29.1 Å². The molecule has 0 saturated carbocycles. The quantitative estimate of drug-likeness (QED) is 0.904. The fourth-order valence-corrected chi connectivity index (χ4v) is 1.85. The van der Waals surface area contributed by atoms with Gasteiger partial charge in [0.05, 0.1) is 4.88 Å². The third-order valence-corrected chi connectivity index (χ3v) is 2.86. The molecule has 90 valence electrons. The van der Waals surface area contributed by atoms with Crippen LogP contribution in [0.4, 0.5) is 13.2 Å². The molecule has 0 aliphatic carbocycles. The van der Waals surface area contributed by atoms with Crippen molar-refractivity contribution >= 4 is 17.3 Å². The van der Waals surface area contributed by atoms with Gasteiger partial charge in [-0.1, -0.05) is 0 Å². The fourth-order valence-electron chi connectivity index (χ4n) is 1.10. The van der Waals surface area contributed by atoms with Crippen molar-refractivity contribution in [2.75, 3.05) is 0 Å². The summed E-state index contributed by atoms with van der Waals surface area (Å²) in [5.41, 5.74) is 0. The Labute approximate surface area is 96.3 Å². The van der Waals surface area contributed by atoms with Crippen molar-refractivity contribution in [2.45, 2.75) is 6.18 Å². The maximum Gasteiger partial charge on any atom is 0.443 e. The van der Waals surface area contributed by atoms with Crippen LogP contribution in [0.25, 0.3) is 10.6 Å². The Bertz CT molecular complexity index is 558. The molecule has 0 fully saturated rings. The summed E-state index contributed by atoms with van der Waals surface area (Å²) >= 11 is 0.395. The highest BCUT2D eigenvalue weighted by Gasteiger charge is 2.35. The molecule has 0 spiro atoms. The summed E-state index contributed by atoms with van der Waals surface area (Å²) < 4.78 is 41.7. The number of hydrogen-bond donors (Lipinski definition) is 1. The van der Waals surface area contributed by atoms with Crippen LogP contribution in [0.3, 0.4) is 0 Å². The summed E-state index contributed by atoms with van der Waals surface area (Å²) in [6, 6.07) is 2.46. The van der Waals surface area contributed by atoms with Gasteiger partial charge in [-0.25, -0.2) is 9.78 Å². The van der Waals surface area contributed by atoms with E-state index in [0.717, 1.165) is 6.20 Å². The molecule has 8 heteroatoms. The molecule has 0 unspecified atom stereocenters. The van der Waals surface area contributed by atoms with Gasteiger partial charge in [0.2, 0.25) is 5.76 Å². The zero-order valence-corrected chi connectivity index (χ0v) is 8.80. The van der Waals surface area contributed by atoms with Gasteiger partial charge in [-0.2, -0.15) is 13.2 Å². The van der Waals surface area contributed by atoms with Crippen LogP contribution in [0.1, 0.15) is 15.6 Å². The number of furan rings is 1. The SMILES string of the molecule is O=C(O)c1ccc(-c2cnc(C(F)(F)F)s2)o1. The van der Waals surface area contributed by atoms with E-state index >= 15 is 0 Å². The van der Waals surface area contributed by atoms with Gasteiger partial charge >= 0.3 is 12.1 Å². The minimum Gasteiger partial charge on any atom is -0.475 e. The molecular weight excluding hydrogens is 259 g/mol. The number of halogens is 3. The van der Waals surface area contributed by atoms with E-state index < -0.39 is 17.2 Å². The lowest BCUT2D eigenvalue weighted by molar-refractivity contribution is -0.137. The van der Waals surface area contributed by atoms with Crippen molar-refractivity contribution < 1.29 is 27.5 Å². The maximum absolute atomic E-state index is 12.3. The Morgan fingerprint density at radius 3 is 2.59 bits per heavy atom. The minimum absolute atomic E-state index is 0.0513. The van der Waals surface area contributed by atoms with Crippen molar-refractivity contribution in [3.63, 3.8) is 0 Å². The number of alkyl halides is 3. The van der Waals surface area contributed by atoms with Crippen LogP contribution >= 0.6 is 11.3 Å². The lowest BCUT2D eigenvalue weighted by atomic mass is 10.4. The molecule has 0 aromatic carbocycles. The number of carboxylic acids is 1. The van der Waals surface area contributed by atoms with Gasteiger partial charge in [0.15, 0.2) is 5.01 Å². The first kappa shape index (κ1) is 11.6. The van der Waals surface area contributed by atoms with Crippen molar-refractivity contribution in [1.82, 2.24) is 4.98 Å². The second-order valence-corrected chi connectivity index (χ2v) is 4.03. The highest BCUT2D eigenvalue weighted by Crippen LogP contribution is 2.36. The smallest absolute Gasteiger partial charge is 0.443 e. The van der Waals surface area contributed by atoms with Gasteiger partial charge in [0.1, 0.15) is 5.76 Å². The second kappa shape index (κ2) is 3.88. The van der Waals surface area contributed by atoms with Crippen LogP contribution in [0.5, 0.6) is 0 Å². The normalized spacial score (nSPS) is 11.7. The highest BCUT2D eigenvalue weighted by molar-refractivity contribution is 7.15. The predicted octanol–water partition coefficient (Wildman–Crippen LogP) is 3.12. The van der Waals surface area contributed by atoms with E-state index in [4.69, 9.17) is 9.52 Å². The molecule has 0 radical (unpaired) electrons. The Kier molecular flexibility index (Phi) is 2.66. The number of thiazole rings is 1. The highest BCUT2D eigenvalue weighted by atomic mass is 32.1. The second-order valence-electron chi connectivity index (χ2n) is 3.00. The third kappa shape index (κ3) is 2.31. The molecule has 0 atom stereocenters. The maximum atomic E-state index is 12.3. The van der Waals surface area contributed by atoms with Crippen LogP contribution in [-0.4, -0.2) is 16.1 Å². The number of carboxylic acid groups (broad SMARTS) is 1. The fraction of sp³-hybridized carbons (Fsp3) is 0.111. The third-order valence-electron chi connectivity index (χ3n) is 1.81. The Morgan fingerprint density at radius 1 is 1.41 bits per heavy atom. The molecule has 0 saturated heterocycles. The summed E-state index contributed by atoms with van der Waals surface area (Å²) in [4.78, 5) is 13.9. The van der Waals surface area contributed by atoms with E-state index in [1.54, 1.807) is 0 Å². The van der Waals surface area contributed by atoms with Crippen LogP contribution < -0.4 is 0 Å². The largest absolute Gasteiger partial charge is 0.475 e. The molecule has 4 nitrogen and oxygen atoms in total. The zero-order valence-electron chi connectivity index (χ0n) is 7.99. The van der Waals surface area contributed by atoms with Gasteiger partial charge < -0.3 is 9.52 Å². The summed E-state index contributed by atoms with van der Waals surface area (Å²) in [7, 11) is 0. The topological polar surface area (TPSA) is 63.3 Å². The number of nitrogens with zero attached hydrogens (tertiary/aromatic N) is 1. The Hall–Kier alpha value is -1.83. The van der Waals surface area contributed by atoms with Crippen molar-refractivity contribution in [3.8, 4) is 10.6 Å². The molecule has 2 aromatic rings. The molecule has 0 amide bonds. The molecule has 2 aromatic heterocycles. The zero-order chi connectivity index (χ0) is 12.6. The van der Waals surface area contributed by atoms with Crippen molar-refractivity contribution in [2.24, 2.45) is 0 Å². The predicted molar refractivity (Wildman–Crippen MR) is 51.8 cm³/mol. The van der Waals surface area contributed by atoms with E-state index in [1.165, 1.54) is 12.1 Å². The summed E-state index contributed by atoms with van der Waals surface area (Å²) in [6.07, 6.45) is -3.51. The summed E-state index contributed by atoms with van der Waals surface area (Å²) in [5.74, 6) is -1.56. The lowest BCUT2D eigenvalue weighted by Gasteiger charge is -1.98. The van der Waals surface area contributed by atoms with Crippen LogP contribution in [0.2, 0.25) is 0 Å². The minimum atomic E-state index is -4.51. The summed E-state index contributed by atoms with van der Waals surface area (Å²) in [6.45, 7) is 0. The van der Waals surface area contributed by atoms with Gasteiger partial charge in [0, 0.05) is 6.20 Å². The van der Waals surface area contributed by atoms with E-state index in [9.17, 15) is 18.0 Å². The van der Waals surface area contributed by atoms with Gasteiger partial charge in [-0.05, 0) is 12.1 Å². The molecule has 0 aliphatic rings. The molecule has 1 N–H and O–H groups in total. The van der Waals surface area contributed by atoms with Crippen LogP contribution in [0, 0.1) is 0 Å². The molecule has 0 bridgehead atoms. The first-order valence-corrected chi connectivity index (χ1v) is 5.06. The molecule has 0 aliphatic heterocycles. The van der Waals surface area contributed by atoms with Gasteiger partial charge in [-0.15, -0.1) is 11.3 Å². The van der Waals surface area contributed by atoms with Crippen molar-refractivity contribution in [1.29, 1.82) is 0 Å². The average Bonchev–Trinajstić information content (AvgIpc) is 2.85.